The number of hydrogen-bond donors (Lipinski definition) is 1. The standard InChI is InChI=1S/C12H22O3Si/c1-5-12(11(13)14)8-6-10(7-9-12)15-16(2,3)4/h6H,5,7-9H2,1-4H3,(H,13,14)/t12-/m0/s1. The molecule has 1 N–H and O–H groups in total. The Morgan fingerprint density at radius 1 is 1.56 bits per heavy atom. The number of carbonyl (C=O) groups is 1. The molecule has 0 aromatic rings. The molecule has 0 bridgehead atoms. The van der Waals surface area contributed by atoms with E-state index in [1.807, 2.05) is 13.0 Å². The highest BCUT2D eigenvalue weighted by molar-refractivity contribution is 6.70. The van der Waals surface area contributed by atoms with Crippen molar-refractivity contribution in [1.82, 2.24) is 0 Å². The van der Waals surface area contributed by atoms with Gasteiger partial charge in [0.25, 0.3) is 0 Å². The Kier molecular flexibility index (Phi) is 3.83. The Bertz CT molecular complexity index is 304. The zero-order chi connectivity index (χ0) is 12.4. The van der Waals surface area contributed by atoms with Gasteiger partial charge in [-0.1, -0.05) is 6.92 Å². The van der Waals surface area contributed by atoms with Crippen LogP contribution in [0.4, 0.5) is 0 Å². The van der Waals surface area contributed by atoms with E-state index in [1.54, 1.807) is 0 Å². The van der Waals surface area contributed by atoms with Gasteiger partial charge in [-0.3, -0.25) is 4.79 Å². The molecule has 1 rings (SSSR count). The highest BCUT2D eigenvalue weighted by atomic mass is 28.4. The number of aliphatic carboxylic acids is 1. The number of carboxylic acid groups (broad SMARTS) is 1. The predicted molar refractivity (Wildman–Crippen MR) is 66.7 cm³/mol. The fourth-order valence-corrected chi connectivity index (χ4v) is 3.00. The quantitative estimate of drug-likeness (QED) is 0.769. The van der Waals surface area contributed by atoms with Gasteiger partial charge in [0.05, 0.1) is 11.2 Å². The smallest absolute Gasteiger partial charge is 0.309 e. The molecule has 0 spiro atoms. The second-order valence-electron chi connectivity index (χ2n) is 5.53. The van der Waals surface area contributed by atoms with Crippen LogP contribution in [0, 0.1) is 5.41 Å². The van der Waals surface area contributed by atoms with E-state index in [2.05, 4.69) is 19.6 Å². The summed E-state index contributed by atoms with van der Waals surface area (Å²) >= 11 is 0. The van der Waals surface area contributed by atoms with Crippen molar-refractivity contribution >= 4 is 14.3 Å². The van der Waals surface area contributed by atoms with Gasteiger partial charge in [0, 0.05) is 6.42 Å². The maximum atomic E-state index is 11.2. The first-order chi connectivity index (χ1) is 7.29. The highest BCUT2D eigenvalue weighted by Gasteiger charge is 2.38. The number of rotatable bonds is 4. The summed E-state index contributed by atoms with van der Waals surface area (Å²) in [5, 5.41) is 9.25. The summed E-state index contributed by atoms with van der Waals surface area (Å²) in [6.07, 6.45) is 4.76. The van der Waals surface area contributed by atoms with Crippen LogP contribution < -0.4 is 0 Å². The molecule has 1 aliphatic rings. The van der Waals surface area contributed by atoms with Gasteiger partial charge in [0.2, 0.25) is 8.32 Å². The molecular formula is C12H22O3Si. The van der Waals surface area contributed by atoms with Crippen LogP contribution in [0.15, 0.2) is 11.8 Å². The van der Waals surface area contributed by atoms with Crippen LogP contribution in [-0.2, 0) is 9.22 Å². The molecular weight excluding hydrogens is 220 g/mol. The van der Waals surface area contributed by atoms with Crippen LogP contribution >= 0.6 is 0 Å². The Balaban J connectivity index is 2.70. The molecule has 0 radical (unpaired) electrons. The minimum atomic E-state index is -1.54. The fourth-order valence-electron chi connectivity index (χ4n) is 2.03. The van der Waals surface area contributed by atoms with Crippen LogP contribution in [0.3, 0.4) is 0 Å². The van der Waals surface area contributed by atoms with Crippen LogP contribution in [0.25, 0.3) is 0 Å². The molecule has 0 aliphatic heterocycles. The minimum Gasteiger partial charge on any atom is -0.548 e. The Morgan fingerprint density at radius 2 is 2.19 bits per heavy atom. The Labute approximate surface area is 98.6 Å². The second-order valence-corrected chi connectivity index (χ2v) is 9.96. The summed E-state index contributed by atoms with van der Waals surface area (Å²) in [5.74, 6) is 0.336. The van der Waals surface area contributed by atoms with Crippen molar-refractivity contribution in [1.29, 1.82) is 0 Å². The third-order valence-electron chi connectivity index (χ3n) is 3.14. The van der Waals surface area contributed by atoms with Crippen LogP contribution in [0.5, 0.6) is 0 Å². The molecule has 0 unspecified atom stereocenters. The van der Waals surface area contributed by atoms with E-state index in [0.29, 0.717) is 19.3 Å². The highest BCUT2D eigenvalue weighted by Crippen LogP contribution is 2.39. The van der Waals surface area contributed by atoms with Crippen molar-refractivity contribution in [2.45, 2.75) is 52.2 Å². The molecule has 3 nitrogen and oxygen atoms in total. The monoisotopic (exact) mass is 242 g/mol. The van der Waals surface area contributed by atoms with Crippen molar-refractivity contribution in [3.8, 4) is 0 Å². The average molecular weight is 242 g/mol. The molecule has 1 aliphatic carbocycles. The second kappa shape index (κ2) is 4.61. The summed E-state index contributed by atoms with van der Waals surface area (Å²) in [6.45, 7) is 8.39. The van der Waals surface area contributed by atoms with Gasteiger partial charge < -0.3 is 9.53 Å². The maximum absolute atomic E-state index is 11.2. The first kappa shape index (κ1) is 13.3. The lowest BCUT2D eigenvalue weighted by Crippen LogP contribution is -2.33. The van der Waals surface area contributed by atoms with E-state index in [0.717, 1.165) is 12.2 Å². The molecule has 92 valence electrons. The topological polar surface area (TPSA) is 46.5 Å². The summed E-state index contributed by atoms with van der Waals surface area (Å²) in [6, 6.07) is 0. The molecule has 0 saturated heterocycles. The molecule has 0 aromatic carbocycles. The largest absolute Gasteiger partial charge is 0.548 e. The lowest BCUT2D eigenvalue weighted by atomic mass is 9.74. The van der Waals surface area contributed by atoms with E-state index in [-0.39, 0.29) is 0 Å². The molecule has 0 heterocycles. The zero-order valence-electron chi connectivity index (χ0n) is 10.7. The van der Waals surface area contributed by atoms with Gasteiger partial charge in [-0.05, 0) is 45.0 Å². The van der Waals surface area contributed by atoms with E-state index in [9.17, 15) is 9.90 Å². The first-order valence-electron chi connectivity index (χ1n) is 5.90. The SMILES string of the molecule is CC[C@]1(C(=O)O)CC=C(O[Si](C)(C)C)CC1. The summed E-state index contributed by atoms with van der Waals surface area (Å²) < 4.78 is 5.90. The van der Waals surface area contributed by atoms with Crippen molar-refractivity contribution in [3.63, 3.8) is 0 Å². The third kappa shape index (κ3) is 3.11. The number of carboxylic acids is 1. The molecule has 4 heteroatoms. The van der Waals surface area contributed by atoms with Gasteiger partial charge in [-0.2, -0.15) is 0 Å². The van der Waals surface area contributed by atoms with Crippen LogP contribution in [-0.4, -0.2) is 19.4 Å². The lowest BCUT2D eigenvalue weighted by molar-refractivity contribution is -0.149. The van der Waals surface area contributed by atoms with E-state index in [4.69, 9.17) is 4.43 Å². The lowest BCUT2D eigenvalue weighted by Gasteiger charge is -2.33. The molecule has 1 atom stereocenters. The van der Waals surface area contributed by atoms with Gasteiger partial charge in [-0.25, -0.2) is 0 Å². The summed E-state index contributed by atoms with van der Waals surface area (Å²) in [4.78, 5) is 11.2. The van der Waals surface area contributed by atoms with Gasteiger partial charge in [-0.15, -0.1) is 0 Å². The normalized spacial score (nSPS) is 26.1. The van der Waals surface area contributed by atoms with E-state index < -0.39 is 19.7 Å². The summed E-state index contributed by atoms with van der Waals surface area (Å²) in [7, 11) is -1.54. The average Bonchev–Trinajstić information content (AvgIpc) is 2.16. The van der Waals surface area contributed by atoms with E-state index >= 15 is 0 Å². The first-order valence-corrected chi connectivity index (χ1v) is 9.31. The zero-order valence-corrected chi connectivity index (χ0v) is 11.7. The fraction of sp³-hybridized carbons (Fsp3) is 0.750. The van der Waals surface area contributed by atoms with Gasteiger partial charge >= 0.3 is 5.97 Å². The van der Waals surface area contributed by atoms with Crippen molar-refractivity contribution < 1.29 is 14.3 Å². The van der Waals surface area contributed by atoms with Gasteiger partial charge in [0.1, 0.15) is 0 Å². The minimum absolute atomic E-state index is 0.549. The van der Waals surface area contributed by atoms with Gasteiger partial charge in [0.15, 0.2) is 0 Å². The predicted octanol–water partition coefficient (Wildman–Crippen LogP) is 3.39. The Morgan fingerprint density at radius 3 is 2.50 bits per heavy atom. The number of hydrogen-bond acceptors (Lipinski definition) is 2. The van der Waals surface area contributed by atoms with Crippen molar-refractivity contribution in [2.75, 3.05) is 0 Å². The van der Waals surface area contributed by atoms with E-state index in [1.165, 1.54) is 0 Å². The molecule has 16 heavy (non-hydrogen) atoms. The molecule has 0 aromatic heterocycles. The Hall–Kier alpha value is -0.773. The molecule has 0 amide bonds. The van der Waals surface area contributed by atoms with Crippen molar-refractivity contribution in [3.05, 3.63) is 11.8 Å². The number of allylic oxidation sites excluding steroid dienone is 2. The molecule has 0 fully saturated rings. The van der Waals surface area contributed by atoms with Crippen LogP contribution in [0.1, 0.15) is 32.6 Å². The molecule has 0 saturated carbocycles. The van der Waals surface area contributed by atoms with Crippen molar-refractivity contribution in [2.24, 2.45) is 5.41 Å². The third-order valence-corrected chi connectivity index (χ3v) is 4.01. The maximum Gasteiger partial charge on any atom is 0.309 e. The summed E-state index contributed by atoms with van der Waals surface area (Å²) in [5.41, 5.74) is -0.549. The van der Waals surface area contributed by atoms with Crippen LogP contribution in [0.2, 0.25) is 19.6 Å².